The summed E-state index contributed by atoms with van der Waals surface area (Å²) in [5.41, 5.74) is 0.543. The molecule has 3 aliphatic rings. The molecule has 0 radical (unpaired) electrons. The van der Waals surface area contributed by atoms with Gasteiger partial charge in [-0.2, -0.15) is 0 Å². The first-order valence-corrected chi connectivity index (χ1v) is 10.6. The molecule has 3 saturated heterocycles. The summed E-state index contributed by atoms with van der Waals surface area (Å²) < 4.78 is 0. The lowest BCUT2D eigenvalue weighted by molar-refractivity contribution is -0.137. The van der Waals surface area contributed by atoms with Gasteiger partial charge in [0.25, 0.3) is 0 Å². The van der Waals surface area contributed by atoms with Crippen LogP contribution in [0.25, 0.3) is 0 Å². The smallest absolute Gasteiger partial charge is 0.236 e. The lowest BCUT2D eigenvalue weighted by Crippen LogP contribution is -2.59. The van der Waals surface area contributed by atoms with Crippen LogP contribution in [0.3, 0.4) is 0 Å². The van der Waals surface area contributed by atoms with Gasteiger partial charge >= 0.3 is 0 Å². The molecule has 0 bridgehead atoms. The highest BCUT2D eigenvalue weighted by molar-refractivity contribution is 5.78. The molecule has 4 nitrogen and oxygen atoms in total. The predicted octanol–water partition coefficient (Wildman–Crippen LogP) is 3.32. The Morgan fingerprint density at radius 1 is 1.04 bits per heavy atom. The van der Waals surface area contributed by atoms with Crippen LogP contribution >= 0.6 is 0 Å². The summed E-state index contributed by atoms with van der Waals surface area (Å²) >= 11 is 0. The molecule has 0 unspecified atom stereocenters. The Kier molecular flexibility index (Phi) is 7.75. The van der Waals surface area contributed by atoms with E-state index in [1.807, 2.05) is 0 Å². The summed E-state index contributed by atoms with van der Waals surface area (Å²) in [4.78, 5) is 19.4. The maximum absolute atomic E-state index is 12.5. The molecule has 3 aliphatic heterocycles. The third-order valence-electron chi connectivity index (χ3n) is 6.32. The van der Waals surface area contributed by atoms with Gasteiger partial charge in [0.05, 0.1) is 6.54 Å². The van der Waals surface area contributed by atoms with E-state index in [-0.39, 0.29) is 0 Å². The van der Waals surface area contributed by atoms with Gasteiger partial charge in [-0.05, 0) is 63.1 Å². The lowest BCUT2D eigenvalue weighted by atomic mass is 9.72. The minimum Gasteiger partial charge on any atom is -0.342 e. The number of hydrogen-bond donors (Lipinski definition) is 0. The number of piperidine rings is 2. The van der Waals surface area contributed by atoms with Gasteiger partial charge in [0.2, 0.25) is 5.91 Å². The lowest BCUT2D eigenvalue weighted by Gasteiger charge is -2.53. The second kappa shape index (κ2) is 9.36. The Balaban J connectivity index is 0.000000701. The van der Waals surface area contributed by atoms with E-state index in [4.69, 9.17) is 0 Å². The molecule has 3 rings (SSSR count). The number of hydrogen-bond acceptors (Lipinski definition) is 3. The van der Waals surface area contributed by atoms with Gasteiger partial charge in [0.15, 0.2) is 0 Å². The van der Waals surface area contributed by atoms with Crippen molar-refractivity contribution < 1.29 is 4.79 Å². The zero-order valence-corrected chi connectivity index (χ0v) is 17.4. The molecule has 0 N–H and O–H groups in total. The summed E-state index contributed by atoms with van der Waals surface area (Å²) in [6.07, 6.45) is 6.19. The average Bonchev–Trinajstić information content (AvgIpc) is 2.55. The molecule has 25 heavy (non-hydrogen) atoms. The molecule has 0 atom stereocenters. The first kappa shape index (κ1) is 20.7. The zero-order chi connectivity index (χ0) is 18.4. The predicted molar refractivity (Wildman–Crippen MR) is 106 cm³/mol. The highest BCUT2D eigenvalue weighted by Gasteiger charge is 2.43. The van der Waals surface area contributed by atoms with Gasteiger partial charge in [0, 0.05) is 26.2 Å². The molecule has 4 heteroatoms. The van der Waals surface area contributed by atoms with Gasteiger partial charge in [0.1, 0.15) is 0 Å². The number of amides is 1. The van der Waals surface area contributed by atoms with E-state index in [2.05, 4.69) is 49.4 Å². The van der Waals surface area contributed by atoms with Crippen molar-refractivity contribution in [3.05, 3.63) is 0 Å². The van der Waals surface area contributed by atoms with Crippen molar-refractivity contribution in [3.8, 4) is 0 Å². The molecule has 0 aromatic carbocycles. The highest BCUT2D eigenvalue weighted by atomic mass is 16.2. The van der Waals surface area contributed by atoms with Crippen LogP contribution in [0.1, 0.15) is 59.8 Å². The van der Waals surface area contributed by atoms with Crippen LogP contribution in [0.4, 0.5) is 0 Å². The molecule has 0 aromatic heterocycles. The first-order valence-electron chi connectivity index (χ1n) is 10.6. The molecule has 1 spiro atoms. The highest BCUT2D eigenvalue weighted by Crippen LogP contribution is 2.39. The minimum atomic E-state index is 0.366. The van der Waals surface area contributed by atoms with Gasteiger partial charge in [-0.3, -0.25) is 9.69 Å². The van der Waals surface area contributed by atoms with E-state index in [9.17, 15) is 4.79 Å². The molecule has 0 saturated carbocycles. The van der Waals surface area contributed by atoms with Crippen LogP contribution < -0.4 is 0 Å². The summed E-state index contributed by atoms with van der Waals surface area (Å²) in [6, 6.07) is 0. The Morgan fingerprint density at radius 3 is 2.00 bits per heavy atom. The molecule has 0 aliphatic carbocycles. The normalized spacial score (nSPS) is 24.8. The molecule has 1 amide bonds. The second-order valence-electron chi connectivity index (χ2n) is 9.12. The standard InChI is InChI=1S/C18H33N3O.C3H8/c1-15(2)16-4-8-20(9-5-16)12-17(22)21-10-6-18(7-11-21)13-19(3)14-18;1-3-2/h15-16H,4-14H2,1-3H3;3H2,1-2H3. The van der Waals surface area contributed by atoms with Gasteiger partial charge in [-0.15, -0.1) is 0 Å². The van der Waals surface area contributed by atoms with E-state index in [1.54, 1.807) is 0 Å². The summed E-state index contributed by atoms with van der Waals surface area (Å²) in [6.45, 7) is 16.2. The average molecular weight is 352 g/mol. The van der Waals surface area contributed by atoms with Crippen molar-refractivity contribution in [2.24, 2.45) is 17.3 Å². The monoisotopic (exact) mass is 351 g/mol. The number of rotatable bonds is 3. The molecular formula is C21H41N3O. The SMILES string of the molecule is CC(C)C1CCN(CC(=O)N2CCC3(CC2)CN(C)C3)CC1.CCC. The van der Waals surface area contributed by atoms with Gasteiger partial charge < -0.3 is 9.80 Å². The third-order valence-corrected chi connectivity index (χ3v) is 6.32. The van der Waals surface area contributed by atoms with Crippen molar-refractivity contribution in [2.45, 2.75) is 59.8 Å². The molecular weight excluding hydrogens is 310 g/mol. The van der Waals surface area contributed by atoms with Gasteiger partial charge in [-0.1, -0.05) is 34.1 Å². The molecule has 146 valence electrons. The minimum absolute atomic E-state index is 0.366. The van der Waals surface area contributed by atoms with Crippen LogP contribution in [0, 0.1) is 17.3 Å². The second-order valence-corrected chi connectivity index (χ2v) is 9.12. The van der Waals surface area contributed by atoms with Crippen molar-refractivity contribution in [1.82, 2.24) is 14.7 Å². The largest absolute Gasteiger partial charge is 0.342 e. The Hall–Kier alpha value is -0.610. The van der Waals surface area contributed by atoms with E-state index < -0.39 is 0 Å². The van der Waals surface area contributed by atoms with Crippen molar-refractivity contribution >= 4 is 5.91 Å². The van der Waals surface area contributed by atoms with E-state index in [1.165, 1.54) is 45.2 Å². The van der Waals surface area contributed by atoms with Crippen molar-refractivity contribution in [3.63, 3.8) is 0 Å². The van der Waals surface area contributed by atoms with E-state index >= 15 is 0 Å². The Bertz CT molecular complexity index is 399. The van der Waals surface area contributed by atoms with E-state index in [0.29, 0.717) is 17.9 Å². The van der Waals surface area contributed by atoms with E-state index in [0.717, 1.165) is 38.0 Å². The van der Waals surface area contributed by atoms with Crippen LogP contribution in [0.5, 0.6) is 0 Å². The molecule has 3 fully saturated rings. The number of likely N-dealkylation sites (tertiary alicyclic amines) is 3. The molecule has 3 heterocycles. The molecule has 0 aromatic rings. The fourth-order valence-corrected chi connectivity index (χ4v) is 4.71. The fraction of sp³-hybridized carbons (Fsp3) is 0.952. The van der Waals surface area contributed by atoms with Crippen LogP contribution in [-0.2, 0) is 4.79 Å². The first-order chi connectivity index (χ1) is 11.9. The van der Waals surface area contributed by atoms with Gasteiger partial charge in [-0.25, -0.2) is 0 Å². The van der Waals surface area contributed by atoms with Crippen molar-refractivity contribution in [1.29, 1.82) is 0 Å². The Labute approximate surface area is 155 Å². The number of nitrogens with zero attached hydrogens (tertiary/aromatic N) is 3. The van der Waals surface area contributed by atoms with Crippen LogP contribution in [-0.4, -0.2) is 73.5 Å². The maximum atomic E-state index is 12.5. The summed E-state index contributed by atoms with van der Waals surface area (Å²) in [5, 5.41) is 0. The third kappa shape index (κ3) is 5.68. The zero-order valence-electron chi connectivity index (χ0n) is 17.4. The maximum Gasteiger partial charge on any atom is 0.236 e. The Morgan fingerprint density at radius 2 is 1.56 bits per heavy atom. The topological polar surface area (TPSA) is 26.8 Å². The van der Waals surface area contributed by atoms with Crippen LogP contribution in [0.2, 0.25) is 0 Å². The quantitative estimate of drug-likeness (QED) is 0.780. The number of carbonyl (C=O) groups excluding carboxylic acids is 1. The van der Waals surface area contributed by atoms with Crippen molar-refractivity contribution in [2.75, 3.05) is 52.9 Å². The van der Waals surface area contributed by atoms with Crippen LogP contribution in [0.15, 0.2) is 0 Å². The summed E-state index contributed by atoms with van der Waals surface area (Å²) in [7, 11) is 2.20. The number of carbonyl (C=O) groups is 1. The summed E-state index contributed by atoms with van der Waals surface area (Å²) in [5.74, 6) is 2.01. The fourth-order valence-electron chi connectivity index (χ4n) is 4.71.